The van der Waals surface area contributed by atoms with E-state index in [4.69, 9.17) is 0 Å². The quantitative estimate of drug-likeness (QED) is 0.914. The normalized spacial score (nSPS) is 12.9. The van der Waals surface area contributed by atoms with Crippen molar-refractivity contribution in [2.45, 2.75) is 19.8 Å². The molecule has 0 amide bonds. The average Bonchev–Trinajstić information content (AvgIpc) is 2.80. The highest BCUT2D eigenvalue weighted by molar-refractivity contribution is 7.13. The largest absolute Gasteiger partial charge is 0.396 e. The number of thiazole rings is 1. The van der Waals surface area contributed by atoms with Gasteiger partial charge in [-0.05, 0) is 30.2 Å². The molecule has 0 bridgehead atoms. The van der Waals surface area contributed by atoms with Crippen LogP contribution in [0.15, 0.2) is 29.6 Å². The van der Waals surface area contributed by atoms with E-state index in [0.717, 1.165) is 16.3 Å². The molecule has 0 spiro atoms. The van der Waals surface area contributed by atoms with Crippen molar-refractivity contribution in [2.75, 3.05) is 6.61 Å². The van der Waals surface area contributed by atoms with Gasteiger partial charge >= 0.3 is 0 Å². The topological polar surface area (TPSA) is 33.1 Å². The fraction of sp³-hybridized carbons (Fsp3) is 0.357. The maximum atomic E-state index is 12.8. The van der Waals surface area contributed by atoms with E-state index < -0.39 is 0 Å². The average molecular weight is 265 g/mol. The first-order valence-electron chi connectivity index (χ1n) is 5.94. The Morgan fingerprint density at radius 3 is 2.50 bits per heavy atom. The van der Waals surface area contributed by atoms with Crippen molar-refractivity contribution in [3.63, 3.8) is 0 Å². The zero-order valence-corrected chi connectivity index (χ0v) is 11.2. The molecule has 0 saturated heterocycles. The molecule has 0 aliphatic carbocycles. The van der Waals surface area contributed by atoms with Crippen molar-refractivity contribution in [3.05, 3.63) is 41.2 Å². The maximum absolute atomic E-state index is 12.8. The fourth-order valence-corrected chi connectivity index (χ4v) is 2.72. The van der Waals surface area contributed by atoms with Gasteiger partial charge in [-0.2, -0.15) is 0 Å². The monoisotopic (exact) mass is 265 g/mol. The molecule has 0 aliphatic heterocycles. The molecule has 2 aromatic rings. The Hall–Kier alpha value is -1.26. The fourth-order valence-electron chi connectivity index (χ4n) is 1.83. The first-order chi connectivity index (χ1) is 8.61. The highest BCUT2D eigenvalue weighted by atomic mass is 32.1. The van der Waals surface area contributed by atoms with Gasteiger partial charge in [-0.1, -0.05) is 13.8 Å². The van der Waals surface area contributed by atoms with Crippen molar-refractivity contribution in [3.8, 4) is 10.6 Å². The summed E-state index contributed by atoms with van der Waals surface area (Å²) < 4.78 is 12.8. The minimum atomic E-state index is -0.244. The standard InChI is InChI=1S/C14H16FNOS/c1-9(2)12(7-17)13-8-18-14(16-13)10-3-5-11(15)6-4-10/h3-6,8-9,12,17H,7H2,1-2H3. The van der Waals surface area contributed by atoms with E-state index in [2.05, 4.69) is 18.8 Å². The van der Waals surface area contributed by atoms with Crippen LogP contribution in [0.3, 0.4) is 0 Å². The van der Waals surface area contributed by atoms with Gasteiger partial charge in [-0.3, -0.25) is 0 Å². The molecule has 1 aromatic carbocycles. The lowest BCUT2D eigenvalue weighted by molar-refractivity contribution is 0.235. The van der Waals surface area contributed by atoms with Crippen LogP contribution in [-0.2, 0) is 0 Å². The minimum Gasteiger partial charge on any atom is -0.396 e. The first-order valence-corrected chi connectivity index (χ1v) is 6.82. The summed E-state index contributed by atoms with van der Waals surface area (Å²) in [5.41, 5.74) is 1.82. The van der Waals surface area contributed by atoms with Gasteiger partial charge in [0.15, 0.2) is 0 Å². The van der Waals surface area contributed by atoms with Crippen LogP contribution < -0.4 is 0 Å². The first kappa shape index (κ1) is 13.2. The summed E-state index contributed by atoms with van der Waals surface area (Å²) in [6.07, 6.45) is 0. The molecule has 2 rings (SSSR count). The summed E-state index contributed by atoms with van der Waals surface area (Å²) in [7, 11) is 0. The van der Waals surface area contributed by atoms with Crippen molar-refractivity contribution < 1.29 is 9.50 Å². The van der Waals surface area contributed by atoms with Crippen molar-refractivity contribution in [1.82, 2.24) is 4.98 Å². The number of rotatable bonds is 4. The van der Waals surface area contributed by atoms with E-state index in [0.29, 0.717) is 5.92 Å². The number of aliphatic hydroxyl groups excluding tert-OH is 1. The number of aliphatic hydroxyl groups is 1. The van der Waals surface area contributed by atoms with Crippen LogP contribution in [0.25, 0.3) is 10.6 Å². The van der Waals surface area contributed by atoms with Crippen LogP contribution >= 0.6 is 11.3 Å². The van der Waals surface area contributed by atoms with E-state index in [1.807, 2.05) is 5.38 Å². The molecule has 1 heterocycles. The Morgan fingerprint density at radius 1 is 1.28 bits per heavy atom. The Labute approximate surface area is 110 Å². The molecule has 1 aromatic heterocycles. The molecule has 0 fully saturated rings. The zero-order chi connectivity index (χ0) is 13.1. The van der Waals surface area contributed by atoms with Crippen LogP contribution in [0.4, 0.5) is 4.39 Å². The van der Waals surface area contributed by atoms with Gasteiger partial charge in [0.05, 0.1) is 12.3 Å². The highest BCUT2D eigenvalue weighted by Gasteiger charge is 2.18. The number of hydrogen-bond donors (Lipinski definition) is 1. The van der Waals surface area contributed by atoms with E-state index >= 15 is 0 Å². The predicted molar refractivity (Wildman–Crippen MR) is 72.2 cm³/mol. The van der Waals surface area contributed by atoms with E-state index in [9.17, 15) is 9.50 Å². The predicted octanol–water partition coefficient (Wildman–Crippen LogP) is 3.68. The molecule has 0 aliphatic rings. The third-order valence-electron chi connectivity index (χ3n) is 2.99. The maximum Gasteiger partial charge on any atom is 0.123 e. The Morgan fingerprint density at radius 2 is 1.94 bits per heavy atom. The Bertz CT molecular complexity index is 507. The molecule has 1 unspecified atom stereocenters. The van der Waals surface area contributed by atoms with Gasteiger partial charge < -0.3 is 5.11 Å². The lowest BCUT2D eigenvalue weighted by Gasteiger charge is -2.15. The van der Waals surface area contributed by atoms with E-state index in [1.54, 1.807) is 12.1 Å². The van der Waals surface area contributed by atoms with E-state index in [-0.39, 0.29) is 18.3 Å². The summed E-state index contributed by atoms with van der Waals surface area (Å²) >= 11 is 1.52. The molecule has 1 N–H and O–H groups in total. The molecule has 96 valence electrons. The van der Waals surface area contributed by atoms with Gasteiger partial charge in [0.2, 0.25) is 0 Å². The van der Waals surface area contributed by atoms with E-state index in [1.165, 1.54) is 23.5 Å². The molecule has 0 saturated carbocycles. The smallest absolute Gasteiger partial charge is 0.123 e. The molecule has 4 heteroatoms. The molecular weight excluding hydrogens is 249 g/mol. The van der Waals surface area contributed by atoms with Crippen molar-refractivity contribution in [2.24, 2.45) is 5.92 Å². The molecule has 0 radical (unpaired) electrons. The number of halogens is 1. The zero-order valence-electron chi connectivity index (χ0n) is 10.4. The second kappa shape index (κ2) is 5.59. The molecule has 18 heavy (non-hydrogen) atoms. The summed E-state index contributed by atoms with van der Waals surface area (Å²) in [6, 6.07) is 6.31. The Kier molecular flexibility index (Phi) is 4.09. The van der Waals surface area contributed by atoms with Gasteiger partial charge in [-0.15, -0.1) is 11.3 Å². The van der Waals surface area contributed by atoms with Gasteiger partial charge in [0, 0.05) is 16.9 Å². The Balaban J connectivity index is 2.27. The number of aromatic nitrogens is 1. The van der Waals surface area contributed by atoms with Gasteiger partial charge in [-0.25, -0.2) is 9.37 Å². The second-order valence-corrected chi connectivity index (χ2v) is 5.48. The van der Waals surface area contributed by atoms with Crippen LogP contribution in [0.5, 0.6) is 0 Å². The SMILES string of the molecule is CC(C)C(CO)c1csc(-c2ccc(F)cc2)n1. The lowest BCUT2D eigenvalue weighted by atomic mass is 9.94. The highest BCUT2D eigenvalue weighted by Crippen LogP contribution is 2.30. The summed E-state index contributed by atoms with van der Waals surface area (Å²) in [5, 5.41) is 12.2. The van der Waals surface area contributed by atoms with Crippen LogP contribution in [0.2, 0.25) is 0 Å². The number of nitrogens with zero attached hydrogens (tertiary/aromatic N) is 1. The van der Waals surface area contributed by atoms with Crippen LogP contribution in [-0.4, -0.2) is 16.7 Å². The van der Waals surface area contributed by atoms with Gasteiger partial charge in [0.25, 0.3) is 0 Å². The molecule has 2 nitrogen and oxygen atoms in total. The minimum absolute atomic E-state index is 0.0652. The van der Waals surface area contributed by atoms with Gasteiger partial charge in [0.1, 0.15) is 10.8 Å². The third kappa shape index (κ3) is 2.76. The molecule has 1 atom stereocenters. The summed E-state index contributed by atoms with van der Waals surface area (Å²) in [5.74, 6) is 0.166. The third-order valence-corrected chi connectivity index (χ3v) is 3.90. The van der Waals surface area contributed by atoms with Crippen LogP contribution in [0.1, 0.15) is 25.5 Å². The lowest BCUT2D eigenvalue weighted by Crippen LogP contribution is -2.11. The number of benzene rings is 1. The van der Waals surface area contributed by atoms with Crippen molar-refractivity contribution >= 4 is 11.3 Å². The number of hydrogen-bond acceptors (Lipinski definition) is 3. The van der Waals surface area contributed by atoms with Crippen molar-refractivity contribution in [1.29, 1.82) is 0 Å². The second-order valence-electron chi connectivity index (χ2n) is 4.62. The molecular formula is C14H16FNOS. The summed E-state index contributed by atoms with van der Waals surface area (Å²) in [6.45, 7) is 4.24. The van der Waals surface area contributed by atoms with Crippen LogP contribution in [0, 0.1) is 11.7 Å². The summed E-state index contributed by atoms with van der Waals surface area (Å²) in [4.78, 5) is 4.54.